The molecule has 0 aliphatic rings. The van der Waals surface area contributed by atoms with Gasteiger partial charge >= 0.3 is 0 Å². The summed E-state index contributed by atoms with van der Waals surface area (Å²) in [6.07, 6.45) is 0.175. The summed E-state index contributed by atoms with van der Waals surface area (Å²) in [5.74, 6) is -0.303. The standard InChI is InChI=1S/C16H13N3O2S.2C2H6/c20-14(10-11-6-2-1-3-7-11)18-19-15(21)12-8-4-5-9-13(12)17-16(19)22;2*1-2/h1-9H,10H2,(H,17,22)(H,18,20);2*1-2H3. The zero-order valence-electron chi connectivity index (χ0n) is 15.6. The molecule has 0 radical (unpaired) electrons. The van der Waals surface area contributed by atoms with Gasteiger partial charge in [-0.05, 0) is 29.9 Å². The number of carbonyl (C=O) groups excluding carboxylic acids is 1. The van der Waals surface area contributed by atoms with Gasteiger partial charge in [-0.25, -0.2) is 0 Å². The van der Waals surface area contributed by atoms with Crippen LogP contribution >= 0.6 is 12.2 Å². The molecule has 0 atom stereocenters. The molecule has 0 spiro atoms. The quantitative estimate of drug-likeness (QED) is 0.670. The second-order valence-corrected chi connectivity index (χ2v) is 5.20. The molecule has 0 aliphatic heterocycles. The van der Waals surface area contributed by atoms with Gasteiger partial charge in [-0.15, -0.1) is 0 Å². The maximum absolute atomic E-state index is 12.4. The van der Waals surface area contributed by atoms with Crippen LogP contribution in [0.5, 0.6) is 0 Å². The SMILES string of the molecule is CC.CC.O=C(Cc1ccccc1)Nn1c(=S)[nH]c2ccccc2c1=O. The Kier molecular flexibility index (Phi) is 9.01. The van der Waals surface area contributed by atoms with Gasteiger partial charge in [-0.2, -0.15) is 4.68 Å². The molecule has 0 unspecified atom stereocenters. The third kappa shape index (κ3) is 5.39. The van der Waals surface area contributed by atoms with E-state index in [4.69, 9.17) is 12.2 Å². The third-order valence-corrected chi connectivity index (χ3v) is 3.53. The Morgan fingerprint density at radius 2 is 1.58 bits per heavy atom. The molecule has 5 nitrogen and oxygen atoms in total. The van der Waals surface area contributed by atoms with Gasteiger partial charge in [0.05, 0.1) is 17.3 Å². The number of fused-ring (bicyclic) bond motifs is 1. The van der Waals surface area contributed by atoms with E-state index in [1.54, 1.807) is 18.2 Å². The summed E-state index contributed by atoms with van der Waals surface area (Å²) in [4.78, 5) is 27.4. The van der Waals surface area contributed by atoms with Crippen molar-refractivity contribution in [2.24, 2.45) is 0 Å². The van der Waals surface area contributed by atoms with Crippen LogP contribution in [0.2, 0.25) is 0 Å². The van der Waals surface area contributed by atoms with Crippen molar-refractivity contribution in [3.63, 3.8) is 0 Å². The summed E-state index contributed by atoms with van der Waals surface area (Å²) >= 11 is 5.14. The van der Waals surface area contributed by atoms with Crippen LogP contribution in [-0.2, 0) is 11.2 Å². The van der Waals surface area contributed by atoms with E-state index in [0.29, 0.717) is 10.9 Å². The summed E-state index contributed by atoms with van der Waals surface area (Å²) in [5, 5.41) is 0.469. The minimum atomic E-state index is -0.347. The lowest BCUT2D eigenvalue weighted by atomic mass is 10.1. The number of aromatic nitrogens is 2. The van der Waals surface area contributed by atoms with Crippen molar-refractivity contribution < 1.29 is 4.79 Å². The van der Waals surface area contributed by atoms with E-state index in [-0.39, 0.29) is 22.7 Å². The summed E-state index contributed by atoms with van der Waals surface area (Å²) in [6, 6.07) is 16.3. The summed E-state index contributed by atoms with van der Waals surface area (Å²) in [7, 11) is 0. The van der Waals surface area contributed by atoms with Crippen molar-refractivity contribution in [1.29, 1.82) is 0 Å². The number of aromatic amines is 1. The van der Waals surface area contributed by atoms with Crippen LogP contribution in [0, 0.1) is 4.77 Å². The van der Waals surface area contributed by atoms with Crippen molar-refractivity contribution in [3.8, 4) is 0 Å². The summed E-state index contributed by atoms with van der Waals surface area (Å²) in [5.41, 5.74) is 3.71. The van der Waals surface area contributed by atoms with E-state index >= 15 is 0 Å². The molecule has 2 aromatic carbocycles. The molecular weight excluding hydrogens is 346 g/mol. The average molecular weight is 372 g/mol. The molecule has 0 aliphatic carbocycles. The van der Waals surface area contributed by atoms with Gasteiger partial charge in [0.25, 0.3) is 5.56 Å². The Balaban J connectivity index is 0.000000791. The highest BCUT2D eigenvalue weighted by molar-refractivity contribution is 7.71. The van der Waals surface area contributed by atoms with Gasteiger partial charge in [-0.3, -0.25) is 15.0 Å². The Bertz CT molecular complexity index is 946. The first-order chi connectivity index (χ1) is 12.6. The van der Waals surface area contributed by atoms with Crippen molar-refractivity contribution in [2.75, 3.05) is 5.43 Å². The Hall–Kier alpha value is -2.73. The van der Waals surface area contributed by atoms with E-state index in [9.17, 15) is 9.59 Å². The number of hydrogen-bond donors (Lipinski definition) is 2. The fraction of sp³-hybridized carbons (Fsp3) is 0.250. The molecule has 0 fully saturated rings. The number of hydrogen-bond acceptors (Lipinski definition) is 3. The first-order valence-corrected chi connectivity index (χ1v) is 9.14. The zero-order valence-corrected chi connectivity index (χ0v) is 16.4. The second kappa shape index (κ2) is 11.0. The molecule has 1 aromatic heterocycles. The molecule has 0 saturated heterocycles. The van der Waals surface area contributed by atoms with Crippen LogP contribution in [0.4, 0.5) is 0 Å². The number of rotatable bonds is 3. The molecule has 26 heavy (non-hydrogen) atoms. The van der Waals surface area contributed by atoms with Gasteiger partial charge in [0.1, 0.15) is 0 Å². The van der Waals surface area contributed by atoms with Crippen LogP contribution in [0.1, 0.15) is 33.3 Å². The van der Waals surface area contributed by atoms with Gasteiger partial charge in [0.2, 0.25) is 5.91 Å². The van der Waals surface area contributed by atoms with Crippen LogP contribution in [0.25, 0.3) is 10.9 Å². The van der Waals surface area contributed by atoms with Gasteiger partial charge in [-0.1, -0.05) is 70.2 Å². The maximum Gasteiger partial charge on any atom is 0.281 e. The Labute approximate surface area is 158 Å². The molecule has 0 saturated carbocycles. The smallest absolute Gasteiger partial charge is 0.281 e. The predicted octanol–water partition coefficient (Wildman–Crippen LogP) is 4.42. The van der Waals surface area contributed by atoms with E-state index in [1.807, 2.05) is 64.1 Å². The van der Waals surface area contributed by atoms with Crippen LogP contribution < -0.4 is 11.0 Å². The number of carbonyl (C=O) groups is 1. The number of H-pyrrole nitrogens is 1. The second-order valence-electron chi connectivity index (χ2n) is 4.81. The van der Waals surface area contributed by atoms with Gasteiger partial charge in [0.15, 0.2) is 4.77 Å². The zero-order chi connectivity index (χ0) is 19.5. The topological polar surface area (TPSA) is 66.9 Å². The lowest BCUT2D eigenvalue weighted by Gasteiger charge is -2.09. The number of amides is 1. The van der Waals surface area contributed by atoms with E-state index in [1.165, 1.54) is 0 Å². The van der Waals surface area contributed by atoms with E-state index in [2.05, 4.69) is 10.4 Å². The molecule has 3 rings (SSSR count). The summed E-state index contributed by atoms with van der Waals surface area (Å²) in [6.45, 7) is 8.00. The minimum absolute atomic E-state index is 0.158. The van der Waals surface area contributed by atoms with Crippen molar-refractivity contribution in [1.82, 2.24) is 9.66 Å². The minimum Gasteiger partial charge on any atom is -0.330 e. The molecule has 1 amide bonds. The molecule has 138 valence electrons. The highest BCUT2D eigenvalue weighted by Gasteiger charge is 2.09. The van der Waals surface area contributed by atoms with Crippen molar-refractivity contribution >= 4 is 29.0 Å². The first kappa shape index (κ1) is 21.3. The average Bonchev–Trinajstić information content (AvgIpc) is 2.69. The summed E-state index contributed by atoms with van der Waals surface area (Å²) < 4.78 is 1.23. The highest BCUT2D eigenvalue weighted by Crippen LogP contribution is 2.05. The van der Waals surface area contributed by atoms with E-state index in [0.717, 1.165) is 10.2 Å². The first-order valence-electron chi connectivity index (χ1n) is 8.73. The molecule has 1 heterocycles. The molecule has 0 bridgehead atoms. The number of nitrogens with zero attached hydrogens (tertiary/aromatic N) is 1. The van der Waals surface area contributed by atoms with Crippen molar-refractivity contribution in [3.05, 3.63) is 75.3 Å². The normalized spacial score (nSPS) is 9.38. The van der Waals surface area contributed by atoms with Crippen LogP contribution in [-0.4, -0.2) is 15.6 Å². The number of benzene rings is 2. The van der Waals surface area contributed by atoms with Crippen molar-refractivity contribution in [2.45, 2.75) is 34.1 Å². The Morgan fingerprint density at radius 3 is 2.23 bits per heavy atom. The monoisotopic (exact) mass is 371 g/mol. The lowest BCUT2D eigenvalue weighted by Crippen LogP contribution is -2.35. The molecular formula is C20H25N3O2S. The lowest BCUT2D eigenvalue weighted by molar-refractivity contribution is -0.116. The molecule has 3 aromatic rings. The van der Waals surface area contributed by atoms with Gasteiger partial charge < -0.3 is 4.98 Å². The van der Waals surface area contributed by atoms with E-state index < -0.39 is 0 Å². The van der Waals surface area contributed by atoms with Gasteiger partial charge in [0, 0.05) is 0 Å². The number of nitrogens with one attached hydrogen (secondary N) is 2. The largest absolute Gasteiger partial charge is 0.330 e. The third-order valence-electron chi connectivity index (χ3n) is 3.25. The fourth-order valence-electron chi connectivity index (χ4n) is 2.21. The maximum atomic E-state index is 12.4. The number of para-hydroxylation sites is 1. The molecule has 2 N–H and O–H groups in total. The predicted molar refractivity (Wildman–Crippen MR) is 111 cm³/mol. The molecule has 6 heteroatoms. The van der Waals surface area contributed by atoms with Crippen LogP contribution in [0.3, 0.4) is 0 Å². The Morgan fingerprint density at radius 1 is 1.00 bits per heavy atom. The van der Waals surface area contributed by atoms with Crippen LogP contribution in [0.15, 0.2) is 59.4 Å². The highest BCUT2D eigenvalue weighted by atomic mass is 32.1. The fourth-order valence-corrected chi connectivity index (χ4v) is 2.45.